The fourth-order valence-electron chi connectivity index (χ4n) is 5.02. The number of hydrogen-bond acceptors (Lipinski definition) is 4. The molecule has 1 fully saturated rings. The maximum absolute atomic E-state index is 13.4. The number of nitrogens with zero attached hydrogens (tertiary/aromatic N) is 1. The largest absolute Gasteiger partial charge is 0.480 e. The van der Waals surface area contributed by atoms with Crippen LogP contribution in [0.5, 0.6) is 0 Å². The molecular formula is C27H32N2O5. The number of rotatable bonds is 5. The number of carboxylic acids is 1. The van der Waals surface area contributed by atoms with Crippen molar-refractivity contribution >= 4 is 18.0 Å². The molecule has 2 aliphatic rings. The first-order chi connectivity index (χ1) is 16.2. The minimum Gasteiger partial charge on any atom is -0.480 e. The van der Waals surface area contributed by atoms with E-state index in [1.54, 1.807) is 0 Å². The van der Waals surface area contributed by atoms with Gasteiger partial charge >= 0.3 is 12.1 Å². The normalized spacial score (nSPS) is 18.6. The number of carbonyl (C=O) groups excluding carboxylic acids is 2. The third-order valence-electron chi connectivity index (χ3n) is 6.79. The Bertz CT molecular complexity index is 1040. The van der Waals surface area contributed by atoms with Crippen LogP contribution in [0.2, 0.25) is 0 Å². The van der Waals surface area contributed by atoms with Crippen LogP contribution in [0.3, 0.4) is 0 Å². The van der Waals surface area contributed by atoms with Gasteiger partial charge in [0.1, 0.15) is 18.7 Å². The smallest absolute Gasteiger partial charge is 0.407 e. The number of nitrogens with one attached hydrogen (secondary N) is 1. The van der Waals surface area contributed by atoms with Crippen LogP contribution in [-0.4, -0.2) is 53.2 Å². The lowest BCUT2D eigenvalue weighted by Gasteiger charge is -2.39. The van der Waals surface area contributed by atoms with Gasteiger partial charge in [-0.05, 0) is 46.9 Å². The maximum atomic E-state index is 13.4. The lowest BCUT2D eigenvalue weighted by atomic mass is 9.85. The van der Waals surface area contributed by atoms with E-state index in [1.807, 2.05) is 57.2 Å². The molecule has 2 atom stereocenters. The van der Waals surface area contributed by atoms with Crippen LogP contribution in [0.25, 0.3) is 11.1 Å². The van der Waals surface area contributed by atoms with E-state index < -0.39 is 29.6 Å². The van der Waals surface area contributed by atoms with Crippen LogP contribution in [0, 0.1) is 5.41 Å². The summed E-state index contributed by atoms with van der Waals surface area (Å²) in [6, 6.07) is 14.4. The molecule has 1 saturated heterocycles. The summed E-state index contributed by atoms with van der Waals surface area (Å²) in [6.45, 7) is 6.05. The zero-order valence-electron chi connectivity index (χ0n) is 19.9. The number of aliphatic carboxylic acids is 1. The Morgan fingerprint density at radius 2 is 1.62 bits per heavy atom. The number of benzene rings is 2. The fraction of sp³-hybridized carbons (Fsp3) is 0.444. The van der Waals surface area contributed by atoms with Crippen LogP contribution in [-0.2, 0) is 14.3 Å². The van der Waals surface area contributed by atoms with Gasteiger partial charge in [-0.3, -0.25) is 4.79 Å². The highest BCUT2D eigenvalue weighted by Gasteiger charge is 2.41. The molecule has 34 heavy (non-hydrogen) atoms. The molecule has 1 aliphatic heterocycles. The Balaban J connectivity index is 1.47. The molecule has 0 saturated carbocycles. The summed E-state index contributed by atoms with van der Waals surface area (Å²) in [5, 5.41) is 12.3. The second-order valence-corrected chi connectivity index (χ2v) is 10.2. The Morgan fingerprint density at radius 3 is 2.18 bits per heavy atom. The molecule has 2 amide bonds. The summed E-state index contributed by atoms with van der Waals surface area (Å²) >= 11 is 0. The summed E-state index contributed by atoms with van der Waals surface area (Å²) in [4.78, 5) is 39.3. The molecule has 0 aromatic heterocycles. The van der Waals surface area contributed by atoms with E-state index in [1.165, 1.54) is 4.90 Å². The Labute approximate surface area is 200 Å². The summed E-state index contributed by atoms with van der Waals surface area (Å²) in [6.07, 6.45) is 1.25. The Hall–Kier alpha value is -3.35. The molecule has 180 valence electrons. The van der Waals surface area contributed by atoms with E-state index in [0.717, 1.165) is 35.1 Å². The molecule has 1 aliphatic carbocycles. The first kappa shape index (κ1) is 23.8. The van der Waals surface area contributed by atoms with Gasteiger partial charge in [-0.25, -0.2) is 9.59 Å². The molecule has 2 aromatic rings. The second-order valence-electron chi connectivity index (χ2n) is 10.2. The van der Waals surface area contributed by atoms with Crippen molar-refractivity contribution in [3.8, 4) is 11.1 Å². The minimum atomic E-state index is -1.01. The molecule has 0 spiro atoms. The highest BCUT2D eigenvalue weighted by Crippen LogP contribution is 2.44. The van der Waals surface area contributed by atoms with Crippen molar-refractivity contribution in [2.24, 2.45) is 5.41 Å². The van der Waals surface area contributed by atoms with Crippen molar-refractivity contribution in [2.45, 2.75) is 58.0 Å². The topological polar surface area (TPSA) is 95.9 Å². The summed E-state index contributed by atoms with van der Waals surface area (Å²) in [7, 11) is 0. The van der Waals surface area contributed by atoms with Crippen molar-refractivity contribution in [2.75, 3.05) is 13.2 Å². The monoisotopic (exact) mass is 464 g/mol. The third-order valence-corrected chi connectivity index (χ3v) is 6.79. The number of ether oxygens (including phenoxy) is 1. The second kappa shape index (κ2) is 9.49. The quantitative estimate of drug-likeness (QED) is 0.684. The Morgan fingerprint density at radius 1 is 1.03 bits per heavy atom. The average Bonchev–Trinajstić information content (AvgIpc) is 3.14. The summed E-state index contributed by atoms with van der Waals surface area (Å²) in [5.41, 5.74) is 3.87. The zero-order valence-corrected chi connectivity index (χ0v) is 19.9. The number of fused-ring (bicyclic) bond motifs is 3. The van der Waals surface area contributed by atoms with Gasteiger partial charge in [0.05, 0.1) is 0 Å². The van der Waals surface area contributed by atoms with Crippen molar-refractivity contribution in [1.29, 1.82) is 0 Å². The summed E-state index contributed by atoms with van der Waals surface area (Å²) < 4.78 is 5.64. The van der Waals surface area contributed by atoms with E-state index in [9.17, 15) is 19.5 Å². The van der Waals surface area contributed by atoms with Gasteiger partial charge in [0, 0.05) is 12.5 Å². The highest BCUT2D eigenvalue weighted by atomic mass is 16.5. The van der Waals surface area contributed by atoms with Gasteiger partial charge in [0.25, 0.3) is 0 Å². The van der Waals surface area contributed by atoms with Gasteiger partial charge in [0.2, 0.25) is 5.91 Å². The van der Waals surface area contributed by atoms with Crippen molar-refractivity contribution < 1.29 is 24.2 Å². The molecule has 7 heteroatoms. The summed E-state index contributed by atoms with van der Waals surface area (Å²) in [5.74, 6) is -1.48. The molecule has 1 heterocycles. The van der Waals surface area contributed by atoms with E-state index >= 15 is 0 Å². The lowest BCUT2D eigenvalue weighted by Crippen LogP contribution is -2.59. The van der Waals surface area contributed by atoms with Crippen LogP contribution in [0.15, 0.2) is 48.5 Å². The van der Waals surface area contributed by atoms with E-state index in [4.69, 9.17) is 4.74 Å². The van der Waals surface area contributed by atoms with Gasteiger partial charge in [-0.15, -0.1) is 0 Å². The van der Waals surface area contributed by atoms with Gasteiger partial charge < -0.3 is 20.1 Å². The average molecular weight is 465 g/mol. The zero-order chi connectivity index (χ0) is 24.5. The number of alkyl carbamates (subject to hydrolysis) is 1. The highest BCUT2D eigenvalue weighted by molar-refractivity contribution is 5.90. The first-order valence-corrected chi connectivity index (χ1v) is 11.8. The van der Waals surface area contributed by atoms with Gasteiger partial charge in [-0.1, -0.05) is 69.3 Å². The van der Waals surface area contributed by atoms with Crippen LogP contribution in [0.1, 0.15) is 57.1 Å². The molecule has 2 N–H and O–H groups in total. The molecule has 0 bridgehead atoms. The number of hydrogen-bond donors (Lipinski definition) is 2. The van der Waals surface area contributed by atoms with E-state index in [2.05, 4.69) is 17.4 Å². The molecule has 7 nitrogen and oxygen atoms in total. The third kappa shape index (κ3) is 4.65. The van der Waals surface area contributed by atoms with Gasteiger partial charge in [-0.2, -0.15) is 0 Å². The van der Waals surface area contributed by atoms with E-state index in [-0.39, 0.29) is 18.4 Å². The van der Waals surface area contributed by atoms with E-state index in [0.29, 0.717) is 13.0 Å². The van der Waals surface area contributed by atoms with Crippen LogP contribution >= 0.6 is 0 Å². The van der Waals surface area contributed by atoms with Crippen LogP contribution < -0.4 is 5.32 Å². The number of piperidine rings is 1. The first-order valence-electron chi connectivity index (χ1n) is 11.8. The lowest BCUT2D eigenvalue weighted by molar-refractivity contribution is -0.154. The van der Waals surface area contributed by atoms with Crippen molar-refractivity contribution in [3.05, 3.63) is 59.7 Å². The van der Waals surface area contributed by atoms with Crippen molar-refractivity contribution in [1.82, 2.24) is 10.2 Å². The molecule has 0 unspecified atom stereocenters. The number of carboxylic acid groups (broad SMARTS) is 1. The predicted molar refractivity (Wildman–Crippen MR) is 128 cm³/mol. The standard InChI is InChI=1S/C27H32N2O5/c1-27(2,3)23(24(30)29-15-9-8-14-22(29)25(31)32)28-26(33)34-16-21-19-12-6-4-10-17(19)18-11-5-7-13-20(18)21/h4-7,10-13,21-23H,8-9,14-16H2,1-3H3,(H,28,33)(H,31,32)/t22-,23-/m0/s1. The molecular weight excluding hydrogens is 432 g/mol. The molecule has 4 rings (SSSR count). The van der Waals surface area contributed by atoms with Crippen LogP contribution in [0.4, 0.5) is 4.79 Å². The molecule has 2 aromatic carbocycles. The fourth-order valence-corrected chi connectivity index (χ4v) is 5.02. The predicted octanol–water partition coefficient (Wildman–Crippen LogP) is 4.41. The number of carbonyl (C=O) groups is 3. The number of amides is 2. The van der Waals surface area contributed by atoms with Gasteiger partial charge in [0.15, 0.2) is 0 Å². The number of likely N-dealkylation sites (tertiary alicyclic amines) is 1. The maximum Gasteiger partial charge on any atom is 0.407 e. The molecule has 0 radical (unpaired) electrons. The Kier molecular flexibility index (Phi) is 6.64. The van der Waals surface area contributed by atoms with Crippen molar-refractivity contribution in [3.63, 3.8) is 0 Å². The SMILES string of the molecule is CC(C)(C)[C@@H](NC(=O)OCC1c2ccccc2-c2ccccc21)C(=O)N1CCCC[C@H]1C(=O)O. The minimum absolute atomic E-state index is 0.0829.